The number of thioether (sulfide) groups is 2. The Hall–Kier alpha value is -1.62. The topological polar surface area (TPSA) is 92.4 Å². The van der Waals surface area contributed by atoms with Crippen LogP contribution in [0.2, 0.25) is 0 Å². The van der Waals surface area contributed by atoms with E-state index in [0.717, 1.165) is 37.1 Å². The van der Waals surface area contributed by atoms with Gasteiger partial charge in [-0.25, -0.2) is 0 Å². The summed E-state index contributed by atoms with van der Waals surface area (Å²) in [6, 6.07) is 8.56. The number of hydrogen-bond donors (Lipinski definition) is 1. The van der Waals surface area contributed by atoms with Gasteiger partial charge in [-0.1, -0.05) is 64.7 Å². The number of piperazine rings is 1. The van der Waals surface area contributed by atoms with Gasteiger partial charge in [0.2, 0.25) is 11.8 Å². The summed E-state index contributed by atoms with van der Waals surface area (Å²) < 4.78 is 1.43. The van der Waals surface area contributed by atoms with Crippen LogP contribution in [0, 0.1) is 6.92 Å². The third-order valence-corrected chi connectivity index (χ3v) is 7.46. The van der Waals surface area contributed by atoms with E-state index in [0.29, 0.717) is 10.1 Å². The summed E-state index contributed by atoms with van der Waals surface area (Å²) in [5, 5.41) is 8.06. The van der Waals surface area contributed by atoms with Crippen LogP contribution < -0.4 is 5.73 Å². The first-order valence-electron chi connectivity index (χ1n) is 8.92. The van der Waals surface area contributed by atoms with Gasteiger partial charge in [-0.05, 0) is 12.5 Å². The molecular weight excluding hydrogens is 414 g/mol. The Morgan fingerprint density at radius 1 is 1.11 bits per heavy atom. The molecule has 1 aliphatic rings. The molecule has 1 aromatic heterocycles. The maximum atomic E-state index is 12.5. The molecule has 7 nitrogen and oxygen atoms in total. The fourth-order valence-corrected chi connectivity index (χ4v) is 5.55. The second-order valence-corrected chi connectivity index (χ2v) is 9.95. The monoisotopic (exact) mass is 437 g/mol. The largest absolute Gasteiger partial charge is 0.369 e. The predicted molar refractivity (Wildman–Crippen MR) is 114 cm³/mol. The van der Waals surface area contributed by atoms with E-state index in [9.17, 15) is 9.59 Å². The Morgan fingerprint density at radius 2 is 1.79 bits per heavy atom. The Bertz CT molecular complexity index is 821. The number of nitrogens with two attached hydrogens (primary N) is 1. The van der Waals surface area contributed by atoms with Crippen molar-refractivity contribution in [1.29, 1.82) is 0 Å². The minimum Gasteiger partial charge on any atom is -0.369 e. The second kappa shape index (κ2) is 10.2. The first kappa shape index (κ1) is 21.1. The minimum atomic E-state index is -0.383. The standard InChI is InChI=1S/C18H23N5O2S3/c1-13-3-2-4-14(9-13)10-22-5-7-23(8-6-22)16(25)12-27-18-21-20-17(28-18)26-11-15(19)24/h2-4,9H,5-8,10-12H2,1H3,(H2,19,24). The maximum absolute atomic E-state index is 12.5. The fraction of sp³-hybridized carbons (Fsp3) is 0.444. The molecule has 1 aromatic carbocycles. The number of primary amides is 1. The molecule has 1 aliphatic heterocycles. The van der Waals surface area contributed by atoms with Crippen molar-refractivity contribution in [3.8, 4) is 0 Å². The van der Waals surface area contributed by atoms with Crippen molar-refractivity contribution in [3.05, 3.63) is 35.4 Å². The SMILES string of the molecule is Cc1cccc(CN2CCN(C(=O)CSc3nnc(SCC(N)=O)s3)CC2)c1. The van der Waals surface area contributed by atoms with Gasteiger partial charge in [0.25, 0.3) is 0 Å². The maximum Gasteiger partial charge on any atom is 0.233 e. The first-order valence-corrected chi connectivity index (χ1v) is 11.7. The van der Waals surface area contributed by atoms with Gasteiger partial charge in [-0.15, -0.1) is 10.2 Å². The van der Waals surface area contributed by atoms with Crippen molar-refractivity contribution in [2.45, 2.75) is 22.1 Å². The van der Waals surface area contributed by atoms with Crippen molar-refractivity contribution >= 4 is 46.7 Å². The van der Waals surface area contributed by atoms with E-state index in [2.05, 4.69) is 46.3 Å². The van der Waals surface area contributed by atoms with Crippen molar-refractivity contribution in [2.24, 2.45) is 5.73 Å². The molecule has 2 aromatic rings. The summed E-state index contributed by atoms with van der Waals surface area (Å²) in [5.41, 5.74) is 7.72. The molecule has 2 amide bonds. The molecule has 0 radical (unpaired) electrons. The Morgan fingerprint density at radius 3 is 2.43 bits per heavy atom. The van der Waals surface area contributed by atoms with E-state index >= 15 is 0 Å². The summed E-state index contributed by atoms with van der Waals surface area (Å²) in [6.07, 6.45) is 0. The molecule has 150 valence electrons. The number of aryl methyl sites for hydroxylation is 1. The Kier molecular flexibility index (Phi) is 7.72. The lowest BCUT2D eigenvalue weighted by molar-refractivity contribution is -0.130. The van der Waals surface area contributed by atoms with Gasteiger partial charge in [0.15, 0.2) is 8.68 Å². The van der Waals surface area contributed by atoms with Crippen molar-refractivity contribution in [2.75, 3.05) is 37.7 Å². The van der Waals surface area contributed by atoms with E-state index in [-0.39, 0.29) is 17.6 Å². The smallest absolute Gasteiger partial charge is 0.233 e. The van der Waals surface area contributed by atoms with Crippen LogP contribution >= 0.6 is 34.9 Å². The Labute approximate surface area is 177 Å². The molecule has 0 bridgehead atoms. The molecule has 3 rings (SSSR count). The first-order chi connectivity index (χ1) is 13.5. The lowest BCUT2D eigenvalue weighted by Gasteiger charge is -2.34. The van der Waals surface area contributed by atoms with E-state index in [1.807, 2.05) is 4.90 Å². The number of hydrogen-bond acceptors (Lipinski definition) is 8. The van der Waals surface area contributed by atoms with Gasteiger partial charge in [-0.2, -0.15) is 0 Å². The fourth-order valence-electron chi connectivity index (χ4n) is 2.89. The molecule has 1 fully saturated rings. The molecule has 0 unspecified atom stereocenters. The third-order valence-electron chi connectivity index (χ3n) is 4.26. The van der Waals surface area contributed by atoms with Crippen molar-refractivity contribution in [1.82, 2.24) is 20.0 Å². The van der Waals surface area contributed by atoms with Crippen molar-refractivity contribution < 1.29 is 9.59 Å². The molecule has 28 heavy (non-hydrogen) atoms. The molecule has 0 saturated carbocycles. The molecule has 0 atom stereocenters. The summed E-state index contributed by atoms with van der Waals surface area (Å²) >= 11 is 4.05. The van der Waals surface area contributed by atoms with Gasteiger partial charge < -0.3 is 10.6 Å². The van der Waals surface area contributed by atoms with Crippen LogP contribution in [0.5, 0.6) is 0 Å². The lowest BCUT2D eigenvalue weighted by Crippen LogP contribution is -2.48. The predicted octanol–water partition coefficient (Wildman–Crippen LogP) is 1.86. The highest BCUT2D eigenvalue weighted by molar-refractivity contribution is 8.03. The number of carbonyl (C=O) groups is 2. The van der Waals surface area contributed by atoms with Crippen LogP contribution in [0.3, 0.4) is 0 Å². The second-order valence-electron chi connectivity index (χ2n) is 6.52. The van der Waals surface area contributed by atoms with E-state index in [1.54, 1.807) is 0 Å². The summed E-state index contributed by atoms with van der Waals surface area (Å²) in [6.45, 7) is 6.31. The number of carbonyl (C=O) groups excluding carboxylic acids is 2. The van der Waals surface area contributed by atoms with Crippen molar-refractivity contribution in [3.63, 3.8) is 0 Å². The highest BCUT2D eigenvalue weighted by Gasteiger charge is 2.21. The zero-order valence-corrected chi connectivity index (χ0v) is 18.1. The summed E-state index contributed by atoms with van der Waals surface area (Å²) in [7, 11) is 0. The van der Waals surface area contributed by atoms with Crippen LogP contribution in [0.1, 0.15) is 11.1 Å². The normalized spacial score (nSPS) is 15.0. The van der Waals surface area contributed by atoms with Crippen LogP contribution in [0.25, 0.3) is 0 Å². The number of amides is 2. The molecular formula is C18H23N5O2S3. The zero-order valence-electron chi connectivity index (χ0n) is 15.7. The molecule has 10 heteroatoms. The highest BCUT2D eigenvalue weighted by atomic mass is 32.2. The zero-order chi connectivity index (χ0) is 19.9. The van der Waals surface area contributed by atoms with Crippen LogP contribution in [-0.2, 0) is 16.1 Å². The number of aromatic nitrogens is 2. The number of rotatable bonds is 8. The molecule has 0 spiro atoms. The van der Waals surface area contributed by atoms with E-state index in [1.165, 1.54) is 46.0 Å². The van der Waals surface area contributed by atoms with Gasteiger partial charge in [-0.3, -0.25) is 14.5 Å². The lowest BCUT2D eigenvalue weighted by atomic mass is 10.1. The average Bonchev–Trinajstić information content (AvgIpc) is 3.13. The molecule has 2 heterocycles. The van der Waals surface area contributed by atoms with Gasteiger partial charge in [0.05, 0.1) is 11.5 Å². The summed E-state index contributed by atoms with van der Waals surface area (Å²) in [5.74, 6) is 0.283. The number of benzene rings is 1. The number of nitrogens with zero attached hydrogens (tertiary/aromatic N) is 4. The highest BCUT2D eigenvalue weighted by Crippen LogP contribution is 2.28. The average molecular weight is 438 g/mol. The quantitative estimate of drug-likeness (QED) is 0.630. The molecule has 1 saturated heterocycles. The minimum absolute atomic E-state index is 0.127. The van der Waals surface area contributed by atoms with Crippen LogP contribution in [0.4, 0.5) is 0 Å². The molecule has 2 N–H and O–H groups in total. The third kappa shape index (κ3) is 6.47. The van der Waals surface area contributed by atoms with E-state index < -0.39 is 0 Å². The van der Waals surface area contributed by atoms with Gasteiger partial charge in [0, 0.05) is 32.7 Å². The van der Waals surface area contributed by atoms with Crippen LogP contribution in [0.15, 0.2) is 32.9 Å². The van der Waals surface area contributed by atoms with E-state index in [4.69, 9.17) is 5.73 Å². The summed E-state index contributed by atoms with van der Waals surface area (Å²) in [4.78, 5) is 27.6. The Balaban J connectivity index is 1.40. The molecule has 0 aliphatic carbocycles. The van der Waals surface area contributed by atoms with Crippen LogP contribution in [-0.4, -0.2) is 69.5 Å². The van der Waals surface area contributed by atoms with Gasteiger partial charge >= 0.3 is 0 Å². The van der Waals surface area contributed by atoms with Gasteiger partial charge in [0.1, 0.15) is 0 Å².